The Kier molecular flexibility index (Phi) is 6.05. The third-order valence-electron chi connectivity index (χ3n) is 3.65. The van der Waals surface area contributed by atoms with Crippen LogP contribution in [0, 0.1) is 11.3 Å². The van der Waals surface area contributed by atoms with Gasteiger partial charge in [0.25, 0.3) is 0 Å². The van der Waals surface area contributed by atoms with Crippen molar-refractivity contribution in [3.63, 3.8) is 0 Å². The second kappa shape index (κ2) is 7.89. The molecule has 2 aromatic rings. The zero-order chi connectivity index (χ0) is 19.5. The third-order valence-corrected chi connectivity index (χ3v) is 5.38. The highest BCUT2D eigenvalue weighted by molar-refractivity contribution is 7.91. The first-order chi connectivity index (χ1) is 12.2. The zero-order valence-electron chi connectivity index (χ0n) is 14.5. The Labute approximate surface area is 157 Å². The predicted molar refractivity (Wildman–Crippen MR) is 96.0 cm³/mol. The average molecular weight is 396 g/mol. The Morgan fingerprint density at radius 3 is 2.65 bits per heavy atom. The fourth-order valence-corrected chi connectivity index (χ4v) is 3.77. The van der Waals surface area contributed by atoms with Crippen LogP contribution in [-0.2, 0) is 16.3 Å². The molecule has 0 saturated heterocycles. The normalized spacial score (nSPS) is 11.4. The molecule has 9 heteroatoms. The van der Waals surface area contributed by atoms with Gasteiger partial charge in [0.2, 0.25) is 9.84 Å². The molecule has 0 radical (unpaired) electrons. The molecule has 0 fully saturated rings. The van der Waals surface area contributed by atoms with E-state index in [1.807, 2.05) is 19.9 Å². The third kappa shape index (κ3) is 4.06. The first kappa shape index (κ1) is 19.9. The monoisotopic (exact) mass is 395 g/mol. The van der Waals surface area contributed by atoms with Crippen LogP contribution in [0.2, 0.25) is 5.02 Å². The van der Waals surface area contributed by atoms with Crippen molar-refractivity contribution in [2.45, 2.75) is 38.1 Å². The average Bonchev–Trinajstić information content (AvgIpc) is 2.59. The number of ether oxygens (including phenoxy) is 1. The van der Waals surface area contributed by atoms with E-state index < -0.39 is 15.8 Å². The lowest BCUT2D eigenvalue weighted by atomic mass is 10.0. The standard InChI is InChI=1S/C17H18ClN3O4S/c1-4-14-15(22)5-13(18)17(21-14)26(23,24)9-25-16-11(6-19)7-20-8-12(16)10(2)3/h5,7-8,10,22H,4,9H2,1-3H3. The highest BCUT2D eigenvalue weighted by Crippen LogP contribution is 2.31. The van der Waals surface area contributed by atoms with Crippen molar-refractivity contribution in [2.24, 2.45) is 0 Å². The van der Waals surface area contributed by atoms with Crippen LogP contribution >= 0.6 is 11.6 Å². The van der Waals surface area contributed by atoms with E-state index in [1.165, 1.54) is 12.4 Å². The van der Waals surface area contributed by atoms with Crippen molar-refractivity contribution in [3.8, 4) is 17.6 Å². The minimum Gasteiger partial charge on any atom is -0.506 e. The second-order valence-electron chi connectivity index (χ2n) is 5.84. The van der Waals surface area contributed by atoms with E-state index in [9.17, 15) is 18.8 Å². The number of rotatable bonds is 6. The van der Waals surface area contributed by atoms with E-state index in [4.69, 9.17) is 16.3 Å². The second-order valence-corrected chi connectivity index (χ2v) is 8.10. The van der Waals surface area contributed by atoms with Gasteiger partial charge in [-0.25, -0.2) is 13.4 Å². The smallest absolute Gasteiger partial charge is 0.231 e. The van der Waals surface area contributed by atoms with Crippen molar-refractivity contribution < 1.29 is 18.3 Å². The van der Waals surface area contributed by atoms with Crippen LogP contribution in [0.4, 0.5) is 0 Å². The van der Waals surface area contributed by atoms with Gasteiger partial charge < -0.3 is 9.84 Å². The summed E-state index contributed by atoms with van der Waals surface area (Å²) in [4.78, 5) is 7.92. The number of aromatic hydroxyl groups is 1. The summed E-state index contributed by atoms with van der Waals surface area (Å²) in [6.45, 7) is 5.49. The summed E-state index contributed by atoms with van der Waals surface area (Å²) >= 11 is 5.95. The van der Waals surface area contributed by atoms with Crippen molar-refractivity contribution in [2.75, 3.05) is 5.94 Å². The van der Waals surface area contributed by atoms with Gasteiger partial charge in [-0.15, -0.1) is 0 Å². The fraction of sp³-hybridized carbons (Fsp3) is 0.353. The van der Waals surface area contributed by atoms with E-state index in [0.29, 0.717) is 12.0 Å². The number of halogens is 1. The predicted octanol–water partition coefficient (Wildman–Crippen LogP) is 3.20. The molecule has 0 spiro atoms. The molecule has 0 amide bonds. The summed E-state index contributed by atoms with van der Waals surface area (Å²) in [5.74, 6) is -0.755. The lowest BCUT2D eigenvalue weighted by Crippen LogP contribution is -2.16. The summed E-state index contributed by atoms with van der Waals surface area (Å²) in [5, 5.41) is 18.4. The van der Waals surface area contributed by atoms with Crippen LogP contribution in [0.5, 0.6) is 11.5 Å². The molecule has 0 unspecified atom stereocenters. The molecule has 0 aliphatic heterocycles. The molecule has 0 bridgehead atoms. The molecule has 0 atom stereocenters. The molecule has 7 nitrogen and oxygen atoms in total. The maximum absolute atomic E-state index is 12.6. The Bertz CT molecular complexity index is 969. The molecule has 2 aromatic heterocycles. The summed E-state index contributed by atoms with van der Waals surface area (Å²) in [5.41, 5.74) is 0.987. The van der Waals surface area contributed by atoms with Gasteiger partial charge >= 0.3 is 0 Å². The number of nitrogens with zero attached hydrogens (tertiary/aromatic N) is 3. The zero-order valence-corrected chi connectivity index (χ0v) is 16.1. The highest BCUT2D eigenvalue weighted by atomic mass is 35.5. The molecule has 0 aliphatic rings. The molecule has 0 aliphatic carbocycles. The SMILES string of the molecule is CCc1nc(S(=O)(=O)COc2c(C#N)cncc2C(C)C)c(Cl)cc1O. The minimum atomic E-state index is -4.01. The molecule has 2 heterocycles. The summed E-state index contributed by atoms with van der Waals surface area (Å²) in [6.07, 6.45) is 3.19. The Balaban J connectivity index is 2.40. The maximum Gasteiger partial charge on any atom is 0.231 e. The van der Waals surface area contributed by atoms with Crippen LogP contribution in [0.1, 0.15) is 43.5 Å². The van der Waals surface area contributed by atoms with Gasteiger partial charge in [0, 0.05) is 24.0 Å². The van der Waals surface area contributed by atoms with Crippen molar-refractivity contribution >= 4 is 21.4 Å². The van der Waals surface area contributed by atoms with Crippen molar-refractivity contribution in [3.05, 3.63) is 40.3 Å². The molecule has 138 valence electrons. The van der Waals surface area contributed by atoms with Gasteiger partial charge in [0.15, 0.2) is 11.0 Å². The van der Waals surface area contributed by atoms with E-state index in [2.05, 4.69) is 9.97 Å². The molecular weight excluding hydrogens is 378 g/mol. The van der Waals surface area contributed by atoms with Gasteiger partial charge in [-0.05, 0) is 12.3 Å². The van der Waals surface area contributed by atoms with Gasteiger partial charge in [-0.3, -0.25) is 4.98 Å². The number of aromatic nitrogens is 2. The highest BCUT2D eigenvalue weighted by Gasteiger charge is 2.25. The summed E-state index contributed by atoms with van der Waals surface area (Å²) in [6, 6.07) is 3.09. The summed E-state index contributed by atoms with van der Waals surface area (Å²) in [7, 11) is -4.01. The molecule has 1 N–H and O–H groups in total. The lowest BCUT2D eigenvalue weighted by molar-refractivity contribution is 0.368. The van der Waals surface area contributed by atoms with Gasteiger partial charge in [0.05, 0.1) is 10.7 Å². The van der Waals surface area contributed by atoms with Crippen LogP contribution in [0.15, 0.2) is 23.5 Å². The van der Waals surface area contributed by atoms with E-state index in [-0.39, 0.29) is 38.7 Å². The van der Waals surface area contributed by atoms with E-state index >= 15 is 0 Å². The topological polar surface area (TPSA) is 113 Å². The van der Waals surface area contributed by atoms with E-state index in [0.717, 1.165) is 6.07 Å². The Morgan fingerprint density at radius 2 is 2.08 bits per heavy atom. The lowest BCUT2D eigenvalue weighted by Gasteiger charge is -2.15. The van der Waals surface area contributed by atoms with Crippen molar-refractivity contribution in [1.82, 2.24) is 9.97 Å². The first-order valence-corrected chi connectivity index (χ1v) is 9.86. The number of sulfone groups is 1. The molecule has 26 heavy (non-hydrogen) atoms. The maximum atomic E-state index is 12.6. The Morgan fingerprint density at radius 1 is 1.38 bits per heavy atom. The number of hydrogen-bond acceptors (Lipinski definition) is 7. The molecular formula is C17H18ClN3O4S. The molecule has 0 saturated carbocycles. The van der Waals surface area contributed by atoms with Crippen LogP contribution in [0.3, 0.4) is 0 Å². The van der Waals surface area contributed by atoms with Gasteiger partial charge in [0.1, 0.15) is 23.1 Å². The molecule has 2 rings (SSSR count). The number of aryl methyl sites for hydroxylation is 1. The van der Waals surface area contributed by atoms with Crippen LogP contribution < -0.4 is 4.74 Å². The number of nitriles is 1. The first-order valence-electron chi connectivity index (χ1n) is 7.83. The molecule has 0 aromatic carbocycles. The Hall–Kier alpha value is -2.37. The quantitative estimate of drug-likeness (QED) is 0.798. The van der Waals surface area contributed by atoms with Gasteiger partial charge in [-0.2, -0.15) is 5.26 Å². The fourth-order valence-electron chi connectivity index (χ4n) is 2.29. The number of pyridine rings is 2. The van der Waals surface area contributed by atoms with E-state index in [1.54, 1.807) is 6.92 Å². The van der Waals surface area contributed by atoms with Crippen LogP contribution in [-0.4, -0.2) is 29.4 Å². The van der Waals surface area contributed by atoms with Crippen LogP contribution in [0.25, 0.3) is 0 Å². The van der Waals surface area contributed by atoms with Gasteiger partial charge in [-0.1, -0.05) is 32.4 Å². The summed E-state index contributed by atoms with van der Waals surface area (Å²) < 4.78 is 30.8. The largest absolute Gasteiger partial charge is 0.506 e. The number of hydrogen-bond donors (Lipinski definition) is 1. The van der Waals surface area contributed by atoms with Crippen molar-refractivity contribution in [1.29, 1.82) is 5.26 Å². The minimum absolute atomic E-state index is 0.0180.